The van der Waals surface area contributed by atoms with Gasteiger partial charge in [0.15, 0.2) is 5.78 Å². The number of ketones is 1. The Hall–Kier alpha value is -1.96. The Morgan fingerprint density at radius 3 is 2.53 bits per heavy atom. The van der Waals surface area contributed by atoms with E-state index in [9.17, 15) is 9.59 Å². The van der Waals surface area contributed by atoms with Crippen molar-refractivity contribution in [2.24, 2.45) is 5.92 Å². The first-order chi connectivity index (χ1) is 7.33. The predicted molar refractivity (Wildman–Crippen MR) is 58.1 cm³/mol. The van der Waals surface area contributed by atoms with Crippen molar-refractivity contribution in [1.82, 2.24) is 0 Å². The summed E-state index contributed by atoms with van der Waals surface area (Å²) in [7, 11) is 0. The molecule has 0 heterocycles. The normalized spacial score (nSPS) is 19.9. The van der Waals surface area contributed by atoms with Crippen LogP contribution in [0.25, 0.3) is 5.57 Å². The van der Waals surface area contributed by atoms with Gasteiger partial charge in [-0.25, -0.2) is 0 Å². The Bertz CT molecular complexity index is 441. The number of hydrogen-bond acceptors (Lipinski definition) is 2. The third-order valence-electron chi connectivity index (χ3n) is 2.42. The molecule has 0 bridgehead atoms. The van der Waals surface area contributed by atoms with Gasteiger partial charge in [0.2, 0.25) is 0 Å². The van der Waals surface area contributed by atoms with Crippen LogP contribution in [0.15, 0.2) is 48.6 Å². The molecule has 2 nitrogen and oxygen atoms in total. The lowest BCUT2D eigenvalue weighted by molar-refractivity contribution is -0.121. The highest BCUT2D eigenvalue weighted by Gasteiger charge is 2.22. The van der Waals surface area contributed by atoms with Crippen molar-refractivity contribution in [3.63, 3.8) is 0 Å². The maximum Gasteiger partial charge on any atom is 0.170 e. The second kappa shape index (κ2) is 4.05. The fraction of sp³-hybridized carbons (Fsp3) is 0.0769. The molecule has 2 heteroatoms. The molecule has 0 radical (unpaired) electrons. The number of aldehydes is 1. The van der Waals surface area contributed by atoms with Crippen molar-refractivity contribution in [2.75, 3.05) is 0 Å². The first-order valence-corrected chi connectivity index (χ1v) is 4.76. The highest BCUT2D eigenvalue weighted by atomic mass is 16.1. The molecule has 0 saturated heterocycles. The molecule has 1 atom stereocenters. The summed E-state index contributed by atoms with van der Waals surface area (Å²) in [5.74, 6) is -0.788. The minimum atomic E-state index is -0.641. The summed E-state index contributed by atoms with van der Waals surface area (Å²) in [4.78, 5) is 22.3. The highest BCUT2D eigenvalue weighted by molar-refractivity contribution is 6.12. The van der Waals surface area contributed by atoms with E-state index < -0.39 is 5.92 Å². The molecule has 0 aliphatic heterocycles. The van der Waals surface area contributed by atoms with Crippen LogP contribution in [0.1, 0.15) is 5.56 Å². The summed E-state index contributed by atoms with van der Waals surface area (Å²) >= 11 is 0. The van der Waals surface area contributed by atoms with Gasteiger partial charge < -0.3 is 4.79 Å². The second-order valence-corrected chi connectivity index (χ2v) is 3.36. The van der Waals surface area contributed by atoms with Crippen LogP contribution in [0.3, 0.4) is 0 Å². The van der Waals surface area contributed by atoms with E-state index in [0.717, 1.165) is 11.1 Å². The van der Waals surface area contributed by atoms with Crippen LogP contribution in [0, 0.1) is 5.92 Å². The van der Waals surface area contributed by atoms with Gasteiger partial charge in [-0.05, 0) is 17.2 Å². The molecule has 74 valence electrons. The van der Waals surface area contributed by atoms with Crippen molar-refractivity contribution < 1.29 is 9.59 Å². The SMILES string of the molecule is O=CC1C(=O)C=CC=C1c1ccccc1. The lowest BCUT2D eigenvalue weighted by Crippen LogP contribution is -2.17. The molecular weight excluding hydrogens is 188 g/mol. The molecule has 1 aliphatic carbocycles. The van der Waals surface area contributed by atoms with Crippen molar-refractivity contribution in [1.29, 1.82) is 0 Å². The van der Waals surface area contributed by atoms with Gasteiger partial charge in [0.1, 0.15) is 12.2 Å². The maximum absolute atomic E-state index is 11.5. The summed E-state index contributed by atoms with van der Waals surface area (Å²) < 4.78 is 0. The van der Waals surface area contributed by atoms with E-state index >= 15 is 0 Å². The van der Waals surface area contributed by atoms with E-state index in [1.165, 1.54) is 6.08 Å². The minimum absolute atomic E-state index is 0.147. The predicted octanol–water partition coefficient (Wildman–Crippen LogP) is 2.02. The van der Waals surface area contributed by atoms with Gasteiger partial charge in [-0.2, -0.15) is 0 Å². The molecule has 0 fully saturated rings. The van der Waals surface area contributed by atoms with Gasteiger partial charge in [-0.15, -0.1) is 0 Å². The number of allylic oxidation sites excluding steroid dienone is 4. The topological polar surface area (TPSA) is 34.1 Å². The molecular formula is C13H10O2. The van der Waals surface area contributed by atoms with Gasteiger partial charge in [-0.1, -0.05) is 42.5 Å². The molecule has 0 amide bonds. The van der Waals surface area contributed by atoms with Crippen molar-refractivity contribution in [3.8, 4) is 0 Å². The zero-order valence-corrected chi connectivity index (χ0v) is 8.09. The highest BCUT2D eigenvalue weighted by Crippen LogP contribution is 2.25. The first-order valence-electron chi connectivity index (χ1n) is 4.76. The smallest absolute Gasteiger partial charge is 0.170 e. The van der Waals surface area contributed by atoms with Crippen LogP contribution in [-0.4, -0.2) is 12.1 Å². The quantitative estimate of drug-likeness (QED) is 0.538. The Balaban J connectivity index is 2.44. The second-order valence-electron chi connectivity index (χ2n) is 3.36. The molecule has 15 heavy (non-hydrogen) atoms. The van der Waals surface area contributed by atoms with Gasteiger partial charge in [0.05, 0.1) is 0 Å². The zero-order valence-electron chi connectivity index (χ0n) is 8.09. The number of carbonyl (C=O) groups excluding carboxylic acids is 2. The molecule has 2 rings (SSSR count). The number of benzene rings is 1. The Kier molecular flexibility index (Phi) is 2.59. The Labute approximate surface area is 87.9 Å². The van der Waals surface area contributed by atoms with Crippen LogP contribution >= 0.6 is 0 Å². The molecule has 0 saturated carbocycles. The van der Waals surface area contributed by atoms with Crippen LogP contribution in [0.4, 0.5) is 0 Å². The van der Waals surface area contributed by atoms with Crippen LogP contribution in [-0.2, 0) is 9.59 Å². The number of rotatable bonds is 2. The fourth-order valence-corrected chi connectivity index (χ4v) is 1.65. The largest absolute Gasteiger partial charge is 0.302 e. The number of carbonyl (C=O) groups is 2. The van der Waals surface area contributed by atoms with Crippen molar-refractivity contribution in [2.45, 2.75) is 0 Å². The van der Waals surface area contributed by atoms with E-state index in [1.54, 1.807) is 6.08 Å². The average Bonchev–Trinajstić information content (AvgIpc) is 2.30. The maximum atomic E-state index is 11.5. The zero-order chi connectivity index (χ0) is 10.7. The minimum Gasteiger partial charge on any atom is -0.302 e. The molecule has 0 N–H and O–H groups in total. The van der Waals surface area contributed by atoms with Crippen molar-refractivity contribution >= 4 is 17.6 Å². The summed E-state index contributed by atoms with van der Waals surface area (Å²) in [6, 6.07) is 9.48. The summed E-state index contributed by atoms with van der Waals surface area (Å²) in [5.41, 5.74) is 1.70. The molecule has 1 aromatic rings. The van der Waals surface area contributed by atoms with Gasteiger partial charge in [-0.3, -0.25) is 4.79 Å². The van der Waals surface area contributed by atoms with E-state index in [-0.39, 0.29) is 5.78 Å². The van der Waals surface area contributed by atoms with Gasteiger partial charge in [0.25, 0.3) is 0 Å². The summed E-state index contributed by atoms with van der Waals surface area (Å²) in [5, 5.41) is 0. The fourth-order valence-electron chi connectivity index (χ4n) is 1.65. The molecule has 0 aromatic heterocycles. The summed E-state index contributed by atoms with van der Waals surface area (Å²) in [6.45, 7) is 0. The van der Waals surface area contributed by atoms with Crippen LogP contribution in [0.2, 0.25) is 0 Å². The molecule has 1 aromatic carbocycles. The molecule has 1 aliphatic rings. The first kappa shape index (κ1) is 9.59. The van der Waals surface area contributed by atoms with E-state index in [2.05, 4.69) is 0 Å². The van der Waals surface area contributed by atoms with Crippen molar-refractivity contribution in [3.05, 3.63) is 54.1 Å². The third kappa shape index (κ3) is 1.79. The van der Waals surface area contributed by atoms with Gasteiger partial charge >= 0.3 is 0 Å². The van der Waals surface area contributed by atoms with Crippen LogP contribution in [0.5, 0.6) is 0 Å². The number of hydrogen-bond donors (Lipinski definition) is 0. The summed E-state index contributed by atoms with van der Waals surface area (Å²) in [6.07, 6.45) is 5.64. The molecule has 0 spiro atoms. The average molecular weight is 198 g/mol. The Morgan fingerprint density at radius 1 is 1.13 bits per heavy atom. The van der Waals surface area contributed by atoms with E-state index in [4.69, 9.17) is 0 Å². The van der Waals surface area contributed by atoms with Crippen LogP contribution < -0.4 is 0 Å². The Morgan fingerprint density at radius 2 is 1.87 bits per heavy atom. The standard InChI is InChI=1S/C13H10O2/c14-9-12-11(7-4-8-13(12)15)10-5-2-1-3-6-10/h1-9,12H. The third-order valence-corrected chi connectivity index (χ3v) is 2.42. The van der Waals surface area contributed by atoms with Gasteiger partial charge in [0, 0.05) is 0 Å². The van der Waals surface area contributed by atoms with E-state index in [0.29, 0.717) is 6.29 Å². The lowest BCUT2D eigenvalue weighted by Gasteiger charge is -2.14. The monoisotopic (exact) mass is 198 g/mol. The lowest BCUT2D eigenvalue weighted by atomic mass is 9.87. The van der Waals surface area contributed by atoms with E-state index in [1.807, 2.05) is 36.4 Å². The molecule has 1 unspecified atom stereocenters.